The molecule has 2 aliphatic rings. The maximum absolute atomic E-state index is 12.6. The topological polar surface area (TPSA) is 51.0 Å². The van der Waals surface area contributed by atoms with Crippen molar-refractivity contribution < 1.29 is 4.79 Å². The molecule has 0 bridgehead atoms. The Labute approximate surface area is 142 Å². The van der Waals surface area contributed by atoms with Gasteiger partial charge in [-0.3, -0.25) is 4.79 Å². The molecule has 1 unspecified atom stereocenters. The van der Waals surface area contributed by atoms with Crippen LogP contribution in [-0.4, -0.2) is 38.7 Å². The van der Waals surface area contributed by atoms with Gasteiger partial charge in [-0.15, -0.1) is 0 Å². The summed E-state index contributed by atoms with van der Waals surface area (Å²) in [5.74, 6) is 1.88. The fraction of sp³-hybridized carbons (Fsp3) is 0.526. The summed E-state index contributed by atoms with van der Waals surface area (Å²) in [5, 5.41) is 4.43. The fourth-order valence-electron chi connectivity index (χ4n) is 3.72. The molecule has 4 rings (SSSR count). The molecular weight excluding hydrogens is 300 g/mol. The number of piperidine rings is 1. The van der Waals surface area contributed by atoms with Gasteiger partial charge in [0.15, 0.2) is 0 Å². The van der Waals surface area contributed by atoms with Crippen LogP contribution in [0.4, 0.5) is 0 Å². The maximum Gasteiger partial charge on any atom is 0.225 e. The highest BCUT2D eigenvalue weighted by Crippen LogP contribution is 2.32. The van der Waals surface area contributed by atoms with Crippen molar-refractivity contribution in [3.05, 3.63) is 42.0 Å². The van der Waals surface area contributed by atoms with Crippen LogP contribution in [0.25, 0.3) is 5.69 Å². The average Bonchev–Trinajstić information content (AvgIpc) is 3.04. The van der Waals surface area contributed by atoms with Crippen molar-refractivity contribution >= 4 is 5.91 Å². The lowest BCUT2D eigenvalue weighted by molar-refractivity contribution is -0.139. The number of hydrogen-bond acceptors (Lipinski definition) is 3. The SMILES string of the molecule is Cc1ccc(-n2ncnc2C2CCCN(C(=O)C3CCC3)C2)cc1. The number of likely N-dealkylation sites (tertiary alicyclic amines) is 1. The molecule has 126 valence electrons. The predicted molar refractivity (Wildman–Crippen MR) is 92.0 cm³/mol. The van der Waals surface area contributed by atoms with Crippen LogP contribution in [0.1, 0.15) is 49.4 Å². The Morgan fingerprint density at radius 1 is 1.12 bits per heavy atom. The van der Waals surface area contributed by atoms with Gasteiger partial charge >= 0.3 is 0 Å². The number of carbonyl (C=O) groups is 1. The molecule has 5 nitrogen and oxygen atoms in total. The highest BCUT2D eigenvalue weighted by Gasteiger charge is 2.33. The van der Waals surface area contributed by atoms with Crippen LogP contribution in [0.3, 0.4) is 0 Å². The second kappa shape index (κ2) is 6.38. The first kappa shape index (κ1) is 15.4. The third kappa shape index (κ3) is 2.83. The second-order valence-corrected chi connectivity index (χ2v) is 7.12. The van der Waals surface area contributed by atoms with Gasteiger partial charge in [0.1, 0.15) is 12.2 Å². The number of aryl methyl sites for hydroxylation is 1. The molecule has 0 spiro atoms. The van der Waals surface area contributed by atoms with Gasteiger partial charge in [0, 0.05) is 24.9 Å². The smallest absolute Gasteiger partial charge is 0.225 e. The molecule has 0 N–H and O–H groups in total. The van der Waals surface area contributed by atoms with E-state index >= 15 is 0 Å². The molecule has 1 aliphatic carbocycles. The molecule has 2 fully saturated rings. The van der Waals surface area contributed by atoms with Gasteiger partial charge in [0.05, 0.1) is 5.69 Å². The number of carbonyl (C=O) groups excluding carboxylic acids is 1. The quantitative estimate of drug-likeness (QED) is 0.872. The van der Waals surface area contributed by atoms with Gasteiger partial charge in [-0.05, 0) is 44.7 Å². The van der Waals surface area contributed by atoms with Gasteiger partial charge in [-0.2, -0.15) is 5.10 Å². The van der Waals surface area contributed by atoms with Crippen molar-refractivity contribution in [3.8, 4) is 5.69 Å². The van der Waals surface area contributed by atoms with Crippen LogP contribution >= 0.6 is 0 Å². The van der Waals surface area contributed by atoms with E-state index in [1.54, 1.807) is 6.33 Å². The normalized spacial score (nSPS) is 21.5. The molecule has 5 heteroatoms. The molecule has 2 aromatic rings. The second-order valence-electron chi connectivity index (χ2n) is 7.12. The number of rotatable bonds is 3. The third-order valence-corrected chi connectivity index (χ3v) is 5.41. The molecule has 1 aliphatic heterocycles. The minimum absolute atomic E-state index is 0.270. The van der Waals surface area contributed by atoms with E-state index in [4.69, 9.17) is 0 Å². The van der Waals surface area contributed by atoms with Gasteiger partial charge < -0.3 is 4.90 Å². The van der Waals surface area contributed by atoms with Crippen molar-refractivity contribution in [3.63, 3.8) is 0 Å². The van der Waals surface area contributed by atoms with Crippen molar-refractivity contribution in [2.75, 3.05) is 13.1 Å². The first-order chi connectivity index (χ1) is 11.7. The van der Waals surface area contributed by atoms with E-state index in [1.807, 2.05) is 4.68 Å². The molecule has 1 aromatic heterocycles. The van der Waals surface area contributed by atoms with Crippen LogP contribution in [0.5, 0.6) is 0 Å². The molecule has 1 amide bonds. The molecular formula is C19H24N4O. The molecule has 24 heavy (non-hydrogen) atoms. The number of hydrogen-bond donors (Lipinski definition) is 0. The Hall–Kier alpha value is -2.17. The van der Waals surface area contributed by atoms with E-state index in [1.165, 1.54) is 12.0 Å². The Bertz CT molecular complexity index is 717. The average molecular weight is 324 g/mol. The number of benzene rings is 1. The summed E-state index contributed by atoms with van der Waals surface area (Å²) < 4.78 is 1.93. The Kier molecular flexibility index (Phi) is 4.08. The van der Waals surface area contributed by atoms with Crippen LogP contribution in [0.15, 0.2) is 30.6 Å². The molecule has 1 saturated heterocycles. The molecule has 0 radical (unpaired) electrons. The standard InChI is InChI=1S/C19H24N4O/c1-14-7-9-17(10-8-14)23-18(20-13-21-23)16-6-3-11-22(12-16)19(24)15-4-2-5-15/h7-10,13,15-16H,2-6,11-12H2,1H3. The summed E-state index contributed by atoms with van der Waals surface area (Å²) in [5.41, 5.74) is 2.27. The summed E-state index contributed by atoms with van der Waals surface area (Å²) in [6.45, 7) is 3.75. The first-order valence-corrected chi connectivity index (χ1v) is 8.98. The fourth-order valence-corrected chi connectivity index (χ4v) is 3.72. The first-order valence-electron chi connectivity index (χ1n) is 8.98. The zero-order valence-electron chi connectivity index (χ0n) is 14.2. The van der Waals surface area contributed by atoms with Gasteiger partial charge in [-0.25, -0.2) is 9.67 Å². The third-order valence-electron chi connectivity index (χ3n) is 5.41. The minimum atomic E-state index is 0.270. The number of aromatic nitrogens is 3. The van der Waals surface area contributed by atoms with Gasteiger partial charge in [0.25, 0.3) is 0 Å². The molecule has 1 saturated carbocycles. The maximum atomic E-state index is 12.6. The summed E-state index contributed by atoms with van der Waals surface area (Å²) in [6.07, 6.45) is 7.08. The van der Waals surface area contributed by atoms with Crippen molar-refractivity contribution in [1.29, 1.82) is 0 Å². The van der Waals surface area contributed by atoms with Crippen LogP contribution < -0.4 is 0 Å². The van der Waals surface area contributed by atoms with Gasteiger partial charge in [0.2, 0.25) is 5.91 Å². The summed E-state index contributed by atoms with van der Waals surface area (Å²) in [4.78, 5) is 19.2. The van der Waals surface area contributed by atoms with E-state index in [-0.39, 0.29) is 11.8 Å². The van der Waals surface area contributed by atoms with E-state index in [9.17, 15) is 4.79 Å². The number of nitrogens with zero attached hydrogens (tertiary/aromatic N) is 4. The number of amides is 1. The zero-order valence-corrected chi connectivity index (χ0v) is 14.2. The van der Waals surface area contributed by atoms with Crippen molar-refractivity contribution in [2.24, 2.45) is 5.92 Å². The van der Waals surface area contributed by atoms with E-state index < -0.39 is 0 Å². The Morgan fingerprint density at radius 3 is 2.62 bits per heavy atom. The monoisotopic (exact) mass is 324 g/mol. The Morgan fingerprint density at radius 2 is 1.92 bits per heavy atom. The van der Waals surface area contributed by atoms with E-state index in [0.29, 0.717) is 5.91 Å². The largest absolute Gasteiger partial charge is 0.342 e. The molecule has 1 aromatic carbocycles. The van der Waals surface area contributed by atoms with Crippen LogP contribution in [-0.2, 0) is 4.79 Å². The Balaban J connectivity index is 1.54. The lowest BCUT2D eigenvalue weighted by atomic mass is 9.83. The molecule has 2 heterocycles. The van der Waals surface area contributed by atoms with E-state index in [0.717, 1.165) is 50.3 Å². The van der Waals surface area contributed by atoms with E-state index in [2.05, 4.69) is 46.2 Å². The minimum Gasteiger partial charge on any atom is -0.342 e. The highest BCUT2D eigenvalue weighted by atomic mass is 16.2. The van der Waals surface area contributed by atoms with Crippen LogP contribution in [0.2, 0.25) is 0 Å². The molecule has 1 atom stereocenters. The summed E-state index contributed by atoms with van der Waals surface area (Å²) in [6, 6.07) is 8.34. The lowest BCUT2D eigenvalue weighted by Crippen LogP contribution is -2.44. The van der Waals surface area contributed by atoms with Crippen LogP contribution in [0, 0.1) is 12.8 Å². The van der Waals surface area contributed by atoms with Crippen molar-refractivity contribution in [1.82, 2.24) is 19.7 Å². The summed E-state index contributed by atoms with van der Waals surface area (Å²) in [7, 11) is 0. The zero-order chi connectivity index (χ0) is 16.5. The van der Waals surface area contributed by atoms with Crippen molar-refractivity contribution in [2.45, 2.75) is 44.9 Å². The predicted octanol–water partition coefficient (Wildman–Crippen LogP) is 3.08. The summed E-state index contributed by atoms with van der Waals surface area (Å²) >= 11 is 0. The van der Waals surface area contributed by atoms with Gasteiger partial charge in [-0.1, -0.05) is 24.1 Å². The highest BCUT2D eigenvalue weighted by molar-refractivity contribution is 5.79. The lowest BCUT2D eigenvalue weighted by Gasteiger charge is -2.37.